The first-order valence-electron chi connectivity index (χ1n) is 7.89. The number of anilines is 2. The van der Waals surface area contributed by atoms with Crippen LogP contribution < -0.4 is 10.2 Å². The zero-order valence-corrected chi connectivity index (χ0v) is 14.6. The predicted molar refractivity (Wildman–Crippen MR) is 98.5 cm³/mol. The van der Waals surface area contributed by atoms with Crippen molar-refractivity contribution in [1.29, 1.82) is 0 Å². The fourth-order valence-electron chi connectivity index (χ4n) is 2.91. The van der Waals surface area contributed by atoms with Gasteiger partial charge in [-0.3, -0.25) is 9.59 Å². The van der Waals surface area contributed by atoms with E-state index in [1.807, 2.05) is 61.7 Å². The number of carbonyl (C=O) groups excluding carboxylic acids is 2. The van der Waals surface area contributed by atoms with Crippen LogP contribution in [0.15, 0.2) is 53.4 Å². The fraction of sp³-hybridized carbons (Fsp3) is 0.263. The average molecular weight is 340 g/mol. The Morgan fingerprint density at radius 1 is 1.21 bits per heavy atom. The minimum Gasteiger partial charge on any atom is -0.325 e. The standard InChI is InChI=1S/C19H20N2O2S/c1-13-6-5-7-15(10-13)21-12-14(11-18(21)22)19(23)20-16-8-3-4-9-17(16)24-2/h3-10,14H,11-12H2,1-2H3,(H,20,23). The van der Waals surface area contributed by atoms with Crippen LogP contribution in [0.25, 0.3) is 0 Å². The lowest BCUT2D eigenvalue weighted by molar-refractivity contribution is -0.122. The third-order valence-corrected chi connectivity index (χ3v) is 4.97. The molecule has 1 N–H and O–H groups in total. The zero-order valence-electron chi connectivity index (χ0n) is 13.8. The van der Waals surface area contributed by atoms with E-state index in [9.17, 15) is 9.59 Å². The van der Waals surface area contributed by atoms with Gasteiger partial charge in [0, 0.05) is 23.5 Å². The van der Waals surface area contributed by atoms with E-state index < -0.39 is 0 Å². The lowest BCUT2D eigenvalue weighted by Gasteiger charge is -2.17. The first-order chi connectivity index (χ1) is 11.6. The molecule has 5 heteroatoms. The highest BCUT2D eigenvalue weighted by molar-refractivity contribution is 7.98. The van der Waals surface area contributed by atoms with E-state index in [1.165, 1.54) is 0 Å². The van der Waals surface area contributed by atoms with Crippen LogP contribution in [-0.4, -0.2) is 24.6 Å². The van der Waals surface area contributed by atoms with E-state index in [2.05, 4.69) is 5.32 Å². The van der Waals surface area contributed by atoms with E-state index in [-0.39, 0.29) is 24.2 Å². The molecule has 1 unspecified atom stereocenters. The van der Waals surface area contributed by atoms with Crippen LogP contribution in [-0.2, 0) is 9.59 Å². The van der Waals surface area contributed by atoms with Crippen molar-refractivity contribution < 1.29 is 9.59 Å². The Morgan fingerprint density at radius 2 is 2.00 bits per heavy atom. The molecular formula is C19H20N2O2S. The number of para-hydroxylation sites is 1. The molecule has 1 fully saturated rings. The van der Waals surface area contributed by atoms with Crippen molar-refractivity contribution in [1.82, 2.24) is 0 Å². The number of aryl methyl sites for hydroxylation is 1. The molecule has 0 saturated carbocycles. The molecule has 0 spiro atoms. The number of thioether (sulfide) groups is 1. The molecule has 1 aliphatic heterocycles. The first-order valence-corrected chi connectivity index (χ1v) is 9.12. The van der Waals surface area contributed by atoms with Crippen molar-refractivity contribution in [3.05, 3.63) is 54.1 Å². The second kappa shape index (κ2) is 7.09. The molecule has 0 aliphatic carbocycles. The zero-order chi connectivity index (χ0) is 17.1. The lowest BCUT2D eigenvalue weighted by Crippen LogP contribution is -2.28. The minimum atomic E-state index is -0.326. The second-order valence-corrected chi connectivity index (χ2v) is 6.78. The summed E-state index contributed by atoms with van der Waals surface area (Å²) < 4.78 is 0. The summed E-state index contributed by atoms with van der Waals surface area (Å²) >= 11 is 1.59. The molecule has 4 nitrogen and oxygen atoms in total. The van der Waals surface area contributed by atoms with Crippen molar-refractivity contribution >= 4 is 35.0 Å². The molecule has 1 heterocycles. The van der Waals surface area contributed by atoms with Crippen molar-refractivity contribution in [2.45, 2.75) is 18.2 Å². The van der Waals surface area contributed by atoms with Gasteiger partial charge in [0.25, 0.3) is 0 Å². The number of hydrogen-bond donors (Lipinski definition) is 1. The van der Waals surface area contributed by atoms with E-state index >= 15 is 0 Å². The van der Waals surface area contributed by atoms with Crippen LogP contribution in [0.1, 0.15) is 12.0 Å². The van der Waals surface area contributed by atoms with Crippen LogP contribution in [0.3, 0.4) is 0 Å². The van der Waals surface area contributed by atoms with Crippen LogP contribution >= 0.6 is 11.8 Å². The lowest BCUT2D eigenvalue weighted by atomic mass is 10.1. The van der Waals surface area contributed by atoms with Crippen LogP contribution in [0.4, 0.5) is 11.4 Å². The van der Waals surface area contributed by atoms with Crippen molar-refractivity contribution in [3.8, 4) is 0 Å². The van der Waals surface area contributed by atoms with Gasteiger partial charge < -0.3 is 10.2 Å². The summed E-state index contributed by atoms with van der Waals surface area (Å²) in [6.45, 7) is 2.42. The molecular weight excluding hydrogens is 320 g/mol. The number of nitrogens with one attached hydrogen (secondary N) is 1. The van der Waals surface area contributed by atoms with Crippen molar-refractivity contribution in [2.75, 3.05) is 23.0 Å². The normalized spacial score (nSPS) is 17.2. The van der Waals surface area contributed by atoms with Gasteiger partial charge in [0.05, 0.1) is 11.6 Å². The predicted octanol–water partition coefficient (Wildman–Crippen LogP) is 3.71. The van der Waals surface area contributed by atoms with Gasteiger partial charge in [-0.15, -0.1) is 11.8 Å². The third-order valence-electron chi connectivity index (χ3n) is 4.17. The first kappa shape index (κ1) is 16.6. The molecule has 1 atom stereocenters. The van der Waals surface area contributed by atoms with Crippen molar-refractivity contribution in [3.63, 3.8) is 0 Å². The Balaban J connectivity index is 1.72. The minimum absolute atomic E-state index is 0.00102. The third kappa shape index (κ3) is 3.46. The van der Waals surface area contributed by atoms with Gasteiger partial charge in [0.1, 0.15) is 0 Å². The van der Waals surface area contributed by atoms with E-state index in [0.29, 0.717) is 6.54 Å². The maximum absolute atomic E-state index is 12.6. The molecule has 2 amide bonds. The smallest absolute Gasteiger partial charge is 0.229 e. The summed E-state index contributed by atoms with van der Waals surface area (Å²) in [6, 6.07) is 15.5. The average Bonchev–Trinajstić information content (AvgIpc) is 2.97. The molecule has 0 bridgehead atoms. The number of nitrogens with zero attached hydrogens (tertiary/aromatic N) is 1. The number of benzene rings is 2. The Labute approximate surface area is 146 Å². The molecule has 2 aromatic carbocycles. The monoisotopic (exact) mass is 340 g/mol. The highest BCUT2D eigenvalue weighted by atomic mass is 32.2. The van der Waals surface area contributed by atoms with Gasteiger partial charge in [0.2, 0.25) is 11.8 Å². The van der Waals surface area contributed by atoms with E-state index in [0.717, 1.165) is 21.8 Å². The number of carbonyl (C=O) groups is 2. The Morgan fingerprint density at radius 3 is 2.75 bits per heavy atom. The molecule has 24 heavy (non-hydrogen) atoms. The van der Waals surface area contributed by atoms with Crippen LogP contribution in [0.5, 0.6) is 0 Å². The van der Waals surface area contributed by atoms with Gasteiger partial charge in [0.15, 0.2) is 0 Å². The highest BCUT2D eigenvalue weighted by Crippen LogP contribution is 2.29. The quantitative estimate of drug-likeness (QED) is 0.863. The molecule has 3 rings (SSSR count). The number of amides is 2. The molecule has 0 radical (unpaired) electrons. The Kier molecular flexibility index (Phi) is 4.90. The molecule has 1 aliphatic rings. The summed E-state index contributed by atoms with van der Waals surface area (Å²) in [5.41, 5.74) is 2.76. The molecule has 1 saturated heterocycles. The maximum atomic E-state index is 12.6. The summed E-state index contributed by atoms with van der Waals surface area (Å²) in [7, 11) is 0. The summed E-state index contributed by atoms with van der Waals surface area (Å²) in [6.07, 6.45) is 2.23. The maximum Gasteiger partial charge on any atom is 0.229 e. The number of hydrogen-bond acceptors (Lipinski definition) is 3. The van der Waals surface area contributed by atoms with Gasteiger partial charge in [-0.1, -0.05) is 24.3 Å². The van der Waals surface area contributed by atoms with Crippen LogP contribution in [0.2, 0.25) is 0 Å². The topological polar surface area (TPSA) is 49.4 Å². The summed E-state index contributed by atoms with van der Waals surface area (Å²) in [4.78, 5) is 27.6. The molecule has 2 aromatic rings. The van der Waals surface area contributed by atoms with Gasteiger partial charge in [-0.05, 0) is 43.0 Å². The van der Waals surface area contributed by atoms with Crippen molar-refractivity contribution in [2.24, 2.45) is 5.92 Å². The van der Waals surface area contributed by atoms with Gasteiger partial charge in [-0.25, -0.2) is 0 Å². The fourth-order valence-corrected chi connectivity index (χ4v) is 3.46. The molecule has 0 aromatic heterocycles. The van der Waals surface area contributed by atoms with Gasteiger partial charge >= 0.3 is 0 Å². The van der Waals surface area contributed by atoms with E-state index in [4.69, 9.17) is 0 Å². The largest absolute Gasteiger partial charge is 0.325 e. The number of rotatable bonds is 4. The summed E-state index contributed by atoms with van der Waals surface area (Å²) in [5, 5.41) is 2.97. The summed E-state index contributed by atoms with van der Waals surface area (Å²) in [5.74, 6) is -0.424. The molecule has 124 valence electrons. The van der Waals surface area contributed by atoms with E-state index in [1.54, 1.807) is 16.7 Å². The Hall–Kier alpha value is -2.27. The second-order valence-electron chi connectivity index (χ2n) is 5.93. The Bertz CT molecular complexity index is 775. The SMILES string of the molecule is CSc1ccccc1NC(=O)C1CC(=O)N(c2cccc(C)c2)C1. The van der Waals surface area contributed by atoms with Crippen LogP contribution in [0, 0.1) is 12.8 Å². The highest BCUT2D eigenvalue weighted by Gasteiger charge is 2.35. The van der Waals surface area contributed by atoms with Gasteiger partial charge in [-0.2, -0.15) is 0 Å².